The van der Waals surface area contributed by atoms with Gasteiger partial charge in [0.25, 0.3) is 0 Å². The highest BCUT2D eigenvalue weighted by Gasteiger charge is 2.54. The molecule has 12 aromatic carbocycles. The molecule has 0 saturated heterocycles. The maximum atomic E-state index is 6.79. The summed E-state index contributed by atoms with van der Waals surface area (Å²) in [5, 5.41) is 9.25. The summed E-state index contributed by atoms with van der Waals surface area (Å²) in [6.07, 6.45) is 0. The smallest absolute Gasteiger partial charge is 0.159 e. The Bertz CT molecular complexity index is 4740. The number of hydrogen-bond donors (Lipinski definition) is 0. The third-order valence-electron chi connectivity index (χ3n) is 18.2. The highest BCUT2D eigenvalue weighted by Crippen LogP contribution is 2.66. The predicted octanol–water partition coefficient (Wildman–Crippen LogP) is 22.3. The van der Waals surface area contributed by atoms with Crippen molar-refractivity contribution >= 4 is 99.5 Å². The van der Waals surface area contributed by atoms with Crippen molar-refractivity contribution in [3.63, 3.8) is 0 Å². The van der Waals surface area contributed by atoms with E-state index in [1.165, 1.54) is 88.3 Å². The van der Waals surface area contributed by atoms with Crippen molar-refractivity contribution in [3.8, 4) is 22.3 Å². The van der Waals surface area contributed by atoms with Crippen LogP contribution in [-0.2, 0) is 16.2 Å². The van der Waals surface area contributed by atoms with Crippen molar-refractivity contribution < 1.29 is 8.83 Å². The molecule has 0 saturated carbocycles. The maximum absolute atomic E-state index is 6.79. The van der Waals surface area contributed by atoms with Gasteiger partial charge in [0.2, 0.25) is 0 Å². The number of fused-ring (bicyclic) bond motifs is 20. The van der Waals surface area contributed by atoms with Crippen LogP contribution in [-0.4, -0.2) is 0 Å². The molecule has 83 heavy (non-hydrogen) atoms. The van der Waals surface area contributed by atoms with E-state index in [1.54, 1.807) is 0 Å². The minimum atomic E-state index is -0.670. The molecule has 2 heterocycles. The fourth-order valence-corrected chi connectivity index (χ4v) is 14.3. The van der Waals surface area contributed by atoms with Gasteiger partial charge < -0.3 is 18.6 Å². The highest BCUT2D eigenvalue weighted by molar-refractivity contribution is 6.14. The van der Waals surface area contributed by atoms with Crippen LogP contribution in [0.1, 0.15) is 86.1 Å². The molecule has 0 unspecified atom stereocenters. The van der Waals surface area contributed by atoms with Gasteiger partial charge in [-0.15, -0.1) is 0 Å². The number of aryl methyl sites for hydroxylation is 2. The molecule has 2 aliphatic carbocycles. The second-order valence-corrected chi connectivity index (χ2v) is 25.4. The molecular formula is C79H62N2O2. The van der Waals surface area contributed by atoms with Crippen LogP contribution in [0.3, 0.4) is 0 Å². The van der Waals surface area contributed by atoms with Crippen LogP contribution in [0, 0.1) is 13.8 Å². The second-order valence-electron chi connectivity index (χ2n) is 25.4. The molecule has 0 radical (unpaired) electrons. The van der Waals surface area contributed by atoms with E-state index < -0.39 is 5.41 Å². The Morgan fingerprint density at radius 3 is 1.17 bits per heavy atom. The number of rotatable bonds is 6. The summed E-state index contributed by atoms with van der Waals surface area (Å²) in [7, 11) is 0. The quantitative estimate of drug-likeness (QED) is 0.166. The molecule has 2 aliphatic rings. The Morgan fingerprint density at radius 2 is 0.735 bits per heavy atom. The van der Waals surface area contributed by atoms with Crippen LogP contribution in [0.15, 0.2) is 239 Å². The van der Waals surface area contributed by atoms with E-state index in [-0.39, 0.29) is 10.8 Å². The second kappa shape index (κ2) is 17.7. The molecule has 0 aliphatic heterocycles. The normalized spacial score (nSPS) is 13.4. The van der Waals surface area contributed by atoms with Crippen molar-refractivity contribution in [1.82, 2.24) is 0 Å². The van der Waals surface area contributed by atoms with E-state index in [1.807, 2.05) is 0 Å². The summed E-state index contributed by atoms with van der Waals surface area (Å²) in [4.78, 5) is 4.77. The van der Waals surface area contributed by atoms with Gasteiger partial charge in [0, 0.05) is 44.3 Å². The van der Waals surface area contributed by atoms with Crippen LogP contribution in [0.25, 0.3) is 87.7 Å². The van der Waals surface area contributed by atoms with Gasteiger partial charge in [-0.25, -0.2) is 0 Å². The van der Waals surface area contributed by atoms with Gasteiger partial charge >= 0.3 is 0 Å². The third kappa shape index (κ3) is 7.24. The van der Waals surface area contributed by atoms with Crippen LogP contribution in [0.5, 0.6) is 0 Å². The Morgan fingerprint density at radius 1 is 0.325 bits per heavy atom. The summed E-state index contributed by atoms with van der Waals surface area (Å²) in [5.41, 5.74) is 24.5. The van der Waals surface area contributed by atoms with Crippen LogP contribution >= 0.6 is 0 Å². The van der Waals surface area contributed by atoms with Gasteiger partial charge in [0.15, 0.2) is 11.2 Å². The molecule has 400 valence electrons. The molecule has 4 nitrogen and oxygen atoms in total. The monoisotopic (exact) mass is 1070 g/mol. The van der Waals surface area contributed by atoms with Crippen LogP contribution in [0.2, 0.25) is 0 Å². The zero-order valence-corrected chi connectivity index (χ0v) is 48.2. The summed E-state index contributed by atoms with van der Waals surface area (Å²) in [5.74, 6) is 0. The van der Waals surface area contributed by atoms with Crippen LogP contribution in [0.4, 0.5) is 34.1 Å². The fraction of sp³-hybridized carbons (Fsp3) is 0.139. The largest absolute Gasteiger partial charge is 0.454 e. The molecule has 16 rings (SSSR count). The Balaban J connectivity index is 0.963. The van der Waals surface area contributed by atoms with Crippen molar-refractivity contribution in [3.05, 3.63) is 275 Å². The number of nitrogens with zero attached hydrogens (tertiary/aromatic N) is 2. The van der Waals surface area contributed by atoms with E-state index in [0.29, 0.717) is 0 Å². The third-order valence-corrected chi connectivity index (χ3v) is 18.2. The minimum Gasteiger partial charge on any atom is -0.454 e. The summed E-state index contributed by atoms with van der Waals surface area (Å²) >= 11 is 0. The van der Waals surface area contributed by atoms with Gasteiger partial charge in [-0.05, 0) is 186 Å². The Kier molecular flexibility index (Phi) is 10.5. The molecule has 0 fully saturated rings. The topological polar surface area (TPSA) is 32.8 Å². The van der Waals surface area contributed by atoms with E-state index in [2.05, 4.69) is 296 Å². The lowest BCUT2D eigenvalue weighted by atomic mass is 9.68. The van der Waals surface area contributed by atoms with Crippen LogP contribution < -0.4 is 9.80 Å². The summed E-state index contributed by atoms with van der Waals surface area (Å²) < 4.78 is 13.6. The van der Waals surface area contributed by atoms with E-state index in [9.17, 15) is 0 Å². The summed E-state index contributed by atoms with van der Waals surface area (Å²) in [6, 6.07) is 86.3. The molecule has 1 spiro atoms. The highest BCUT2D eigenvalue weighted by atomic mass is 16.3. The van der Waals surface area contributed by atoms with Gasteiger partial charge in [-0.3, -0.25) is 0 Å². The molecule has 14 aromatic rings. The molecule has 2 aromatic heterocycles. The van der Waals surface area contributed by atoms with Gasteiger partial charge in [-0.2, -0.15) is 0 Å². The molecule has 0 bridgehead atoms. The lowest BCUT2D eigenvalue weighted by Gasteiger charge is -2.33. The van der Waals surface area contributed by atoms with Gasteiger partial charge in [0.1, 0.15) is 11.2 Å². The van der Waals surface area contributed by atoms with E-state index in [4.69, 9.17) is 8.83 Å². The predicted molar refractivity (Wildman–Crippen MR) is 349 cm³/mol. The SMILES string of the molecule is Cc1cccc(N(c2ccc3c4c(ccc3c2)-c2ccc3cc(N(c5cccc(C)c5)c5cccc6c5oc5ccccc56)ccc3c2C42c3ccc(C(C)(C)C)cc3-c3cc(C(C)(C)C)ccc32)c2cccc3c2oc2ccccc23)c1. The average molecular weight is 1070 g/mol. The first-order valence-corrected chi connectivity index (χ1v) is 29.2. The average Bonchev–Trinajstić information content (AvgIpc) is 1.63. The number of furan rings is 2. The first-order valence-electron chi connectivity index (χ1n) is 29.2. The fourth-order valence-electron chi connectivity index (χ4n) is 14.3. The van der Waals surface area contributed by atoms with Crippen molar-refractivity contribution in [1.29, 1.82) is 0 Å². The van der Waals surface area contributed by atoms with E-state index >= 15 is 0 Å². The van der Waals surface area contributed by atoms with E-state index in [0.717, 1.165) is 78.0 Å². The minimum absolute atomic E-state index is 0.0595. The maximum Gasteiger partial charge on any atom is 0.159 e. The van der Waals surface area contributed by atoms with Crippen molar-refractivity contribution in [2.75, 3.05) is 9.80 Å². The number of para-hydroxylation sites is 4. The number of anilines is 6. The Labute approximate surface area is 484 Å². The molecular weight excluding hydrogens is 1010 g/mol. The molecule has 0 amide bonds. The zero-order valence-electron chi connectivity index (χ0n) is 48.2. The first-order chi connectivity index (χ1) is 40.2. The first kappa shape index (κ1) is 49.2. The van der Waals surface area contributed by atoms with Gasteiger partial charge in [-0.1, -0.05) is 199 Å². The Hall–Kier alpha value is -9.64. The number of hydrogen-bond acceptors (Lipinski definition) is 4. The van der Waals surface area contributed by atoms with Gasteiger partial charge in [0.05, 0.1) is 16.8 Å². The summed E-state index contributed by atoms with van der Waals surface area (Å²) in [6.45, 7) is 18.4. The lowest BCUT2D eigenvalue weighted by molar-refractivity contribution is 0.589. The zero-order chi connectivity index (χ0) is 56.3. The standard InChI is InChI=1S/C79H62N2O2/c1-47-17-13-19-53(41-47)80(69-25-15-23-63-59-21-9-11-27-71(59)82-75(63)69)55-33-37-57-49(43-55)29-35-61-62-36-30-50-44-56(81(54-20-14-18-48(2)42-54)70-26-16-24-64-60-22-10-12-28-72(60)83-76(64)70)34-38-58(50)74(62)79(73(57)61)67-39-31-51(77(3,4)5)45-65(67)66-46-52(78(6,7)8)32-40-68(66)79/h9-46H,1-8H3. The molecule has 0 N–H and O–H groups in total. The number of benzene rings is 12. The molecule has 4 heteroatoms. The van der Waals surface area contributed by atoms with Crippen molar-refractivity contribution in [2.24, 2.45) is 0 Å². The van der Waals surface area contributed by atoms with Crippen molar-refractivity contribution in [2.45, 2.75) is 71.6 Å². The lowest BCUT2D eigenvalue weighted by Crippen LogP contribution is -2.27. The molecule has 0 atom stereocenters.